The van der Waals surface area contributed by atoms with Gasteiger partial charge in [0.25, 0.3) is 0 Å². The third kappa shape index (κ3) is 27.0. The summed E-state index contributed by atoms with van der Waals surface area (Å²) < 4.78 is 0. The third-order valence-corrected chi connectivity index (χ3v) is 6.65. The second kappa shape index (κ2) is 30.1. The number of hydrogen-bond acceptors (Lipinski definition) is 2. The first kappa shape index (κ1) is 36.6. The summed E-state index contributed by atoms with van der Waals surface area (Å²) in [4.78, 5) is 24.1. The molecule has 0 fully saturated rings. The van der Waals surface area contributed by atoms with E-state index >= 15 is 0 Å². The van der Waals surface area contributed by atoms with Crippen LogP contribution in [0, 0.1) is 5.92 Å². The normalized spacial score (nSPS) is 13.4. The van der Waals surface area contributed by atoms with E-state index in [0.29, 0.717) is 12.8 Å². The highest BCUT2D eigenvalue weighted by Gasteiger charge is 2.24. The van der Waals surface area contributed by atoms with Crippen molar-refractivity contribution in [3.8, 4) is 0 Å². The number of ketones is 1. The Bertz CT molecular complexity index is 751. The highest BCUT2D eigenvalue weighted by Crippen LogP contribution is 2.17. The fraction of sp³-hybridized carbons (Fsp3) is 0.611. The average Bonchev–Trinajstić information content (AvgIpc) is 2.92. The Morgan fingerprint density at radius 1 is 0.513 bits per heavy atom. The summed E-state index contributed by atoms with van der Waals surface area (Å²) >= 11 is 0. The first-order valence-electron chi connectivity index (χ1n) is 15.8. The van der Waals surface area contributed by atoms with Crippen LogP contribution in [-0.2, 0) is 9.59 Å². The molecule has 0 amide bonds. The predicted molar refractivity (Wildman–Crippen MR) is 170 cm³/mol. The minimum absolute atomic E-state index is 0.0788. The minimum Gasteiger partial charge on any atom is -0.481 e. The number of aliphatic carboxylic acids is 1. The molecule has 0 aliphatic heterocycles. The van der Waals surface area contributed by atoms with E-state index < -0.39 is 11.9 Å². The first-order valence-corrected chi connectivity index (χ1v) is 15.8. The topological polar surface area (TPSA) is 54.4 Å². The van der Waals surface area contributed by atoms with Gasteiger partial charge in [-0.05, 0) is 77.0 Å². The average molecular weight is 539 g/mol. The van der Waals surface area contributed by atoms with Gasteiger partial charge in [-0.1, -0.05) is 125 Å². The van der Waals surface area contributed by atoms with E-state index in [-0.39, 0.29) is 5.78 Å². The molecule has 0 aromatic heterocycles. The van der Waals surface area contributed by atoms with Gasteiger partial charge >= 0.3 is 5.97 Å². The van der Waals surface area contributed by atoms with Crippen LogP contribution in [0.1, 0.15) is 136 Å². The van der Waals surface area contributed by atoms with Gasteiger partial charge in [0.15, 0.2) is 0 Å². The number of carbonyl (C=O) groups excluding carboxylic acids is 1. The van der Waals surface area contributed by atoms with Gasteiger partial charge in [0.1, 0.15) is 11.7 Å². The van der Waals surface area contributed by atoms with Crippen molar-refractivity contribution in [3.05, 3.63) is 72.9 Å². The minimum atomic E-state index is -0.944. The molecule has 3 nitrogen and oxygen atoms in total. The Labute approximate surface area is 240 Å². The van der Waals surface area contributed by atoms with Crippen LogP contribution in [0.4, 0.5) is 0 Å². The van der Waals surface area contributed by atoms with E-state index in [1.54, 1.807) is 0 Å². The predicted octanol–water partition coefficient (Wildman–Crippen LogP) is 11.0. The molecule has 1 atom stereocenters. The lowest BCUT2D eigenvalue weighted by molar-refractivity contribution is -0.146. The first-order chi connectivity index (χ1) is 19.1. The molecule has 0 bridgehead atoms. The van der Waals surface area contributed by atoms with Crippen molar-refractivity contribution in [2.45, 2.75) is 136 Å². The molecule has 0 radical (unpaired) electrons. The largest absolute Gasteiger partial charge is 0.481 e. The molecule has 0 saturated heterocycles. The second-order valence-corrected chi connectivity index (χ2v) is 10.2. The Kier molecular flexibility index (Phi) is 28.3. The molecule has 39 heavy (non-hydrogen) atoms. The molecule has 0 aromatic rings. The molecule has 220 valence electrons. The summed E-state index contributed by atoms with van der Waals surface area (Å²) in [5.74, 6) is -1.84. The lowest BCUT2D eigenvalue weighted by Gasteiger charge is -2.11. The van der Waals surface area contributed by atoms with Crippen molar-refractivity contribution >= 4 is 11.8 Å². The number of rotatable bonds is 27. The SMILES string of the molecule is CCC=CCC=CCC=CCCCCCCCC(=O)C(CCCCCC/C=C\C/C=C\C/C=C\CC)C(=O)O. The van der Waals surface area contributed by atoms with Crippen molar-refractivity contribution in [2.24, 2.45) is 5.92 Å². The van der Waals surface area contributed by atoms with Crippen LogP contribution < -0.4 is 0 Å². The molecule has 1 N–H and O–H groups in total. The summed E-state index contributed by atoms with van der Waals surface area (Å²) in [5, 5.41) is 9.52. The number of carboxylic acids is 1. The fourth-order valence-electron chi connectivity index (χ4n) is 4.31. The second-order valence-electron chi connectivity index (χ2n) is 10.2. The Balaban J connectivity index is 3.76. The van der Waals surface area contributed by atoms with Crippen molar-refractivity contribution in [1.82, 2.24) is 0 Å². The maximum atomic E-state index is 12.5. The van der Waals surface area contributed by atoms with Gasteiger partial charge in [-0.2, -0.15) is 0 Å². The number of unbranched alkanes of at least 4 members (excludes halogenated alkanes) is 9. The molecule has 0 rings (SSSR count). The molecule has 0 aliphatic carbocycles. The summed E-state index contributed by atoms with van der Waals surface area (Å²) in [7, 11) is 0. The van der Waals surface area contributed by atoms with Gasteiger partial charge < -0.3 is 5.11 Å². The molecule has 0 saturated carbocycles. The van der Waals surface area contributed by atoms with E-state index in [4.69, 9.17) is 0 Å². The molecule has 0 aliphatic rings. The Hall–Kier alpha value is -2.42. The van der Waals surface area contributed by atoms with Gasteiger partial charge in [-0.15, -0.1) is 0 Å². The van der Waals surface area contributed by atoms with Crippen LogP contribution in [0.25, 0.3) is 0 Å². The van der Waals surface area contributed by atoms with Crippen molar-refractivity contribution < 1.29 is 14.7 Å². The lowest BCUT2D eigenvalue weighted by Crippen LogP contribution is -2.23. The van der Waals surface area contributed by atoms with Gasteiger partial charge in [0, 0.05) is 6.42 Å². The van der Waals surface area contributed by atoms with Crippen LogP contribution in [0.2, 0.25) is 0 Å². The zero-order chi connectivity index (χ0) is 28.7. The smallest absolute Gasteiger partial charge is 0.314 e. The van der Waals surface area contributed by atoms with Crippen LogP contribution >= 0.6 is 0 Å². The Morgan fingerprint density at radius 2 is 0.897 bits per heavy atom. The van der Waals surface area contributed by atoms with Crippen LogP contribution in [0.15, 0.2) is 72.9 Å². The number of hydrogen-bond donors (Lipinski definition) is 1. The van der Waals surface area contributed by atoms with Crippen LogP contribution in [-0.4, -0.2) is 16.9 Å². The van der Waals surface area contributed by atoms with E-state index in [1.165, 1.54) is 12.8 Å². The standard InChI is InChI=1S/C36H58O3/c1-3-5-7-9-11-13-15-17-19-21-23-25-27-29-31-33-35(37)34(36(38)39)32-30-28-26-24-22-20-18-16-14-12-10-8-6-4-2/h5-8,11-14,17-20,34H,3-4,9-10,15-16,21-33H2,1-2H3,(H,38,39)/b7-5?,8-6-,13-11?,14-12-,19-17?,20-18-. The van der Waals surface area contributed by atoms with Gasteiger partial charge in [-0.3, -0.25) is 9.59 Å². The Morgan fingerprint density at radius 3 is 1.36 bits per heavy atom. The maximum Gasteiger partial charge on any atom is 0.314 e. The molecule has 0 heterocycles. The quantitative estimate of drug-likeness (QED) is 0.0642. The van der Waals surface area contributed by atoms with Crippen LogP contribution in [0.5, 0.6) is 0 Å². The van der Waals surface area contributed by atoms with Crippen LogP contribution in [0.3, 0.4) is 0 Å². The monoisotopic (exact) mass is 538 g/mol. The zero-order valence-corrected chi connectivity index (χ0v) is 25.2. The van der Waals surface area contributed by atoms with E-state index in [9.17, 15) is 14.7 Å². The number of carbonyl (C=O) groups is 2. The molecule has 1 unspecified atom stereocenters. The summed E-state index contributed by atoms with van der Waals surface area (Å²) in [6.45, 7) is 4.29. The number of Topliss-reactive ketones (excluding diaryl/α,β-unsaturated/α-hetero) is 1. The summed E-state index contributed by atoms with van der Waals surface area (Å²) in [6.07, 6.45) is 45.1. The molecule has 0 aromatic carbocycles. The highest BCUT2D eigenvalue weighted by molar-refractivity contribution is 5.98. The van der Waals surface area contributed by atoms with Crippen molar-refractivity contribution in [1.29, 1.82) is 0 Å². The zero-order valence-electron chi connectivity index (χ0n) is 25.2. The fourth-order valence-corrected chi connectivity index (χ4v) is 4.31. The van der Waals surface area contributed by atoms with Crippen molar-refractivity contribution in [2.75, 3.05) is 0 Å². The summed E-state index contributed by atoms with van der Waals surface area (Å²) in [5.41, 5.74) is 0. The highest BCUT2D eigenvalue weighted by atomic mass is 16.4. The van der Waals surface area contributed by atoms with Gasteiger partial charge in [0.2, 0.25) is 0 Å². The van der Waals surface area contributed by atoms with Gasteiger partial charge in [-0.25, -0.2) is 0 Å². The van der Waals surface area contributed by atoms with Gasteiger partial charge in [0.05, 0.1) is 0 Å². The molecule has 0 spiro atoms. The molecule has 3 heteroatoms. The number of carboxylic acid groups (broad SMARTS) is 1. The molecular weight excluding hydrogens is 480 g/mol. The van der Waals surface area contributed by atoms with E-state index in [0.717, 1.165) is 96.3 Å². The maximum absolute atomic E-state index is 12.5. The lowest BCUT2D eigenvalue weighted by atomic mass is 9.93. The third-order valence-electron chi connectivity index (χ3n) is 6.65. The van der Waals surface area contributed by atoms with E-state index in [1.807, 2.05) is 0 Å². The number of allylic oxidation sites excluding steroid dienone is 12. The molecular formula is C36H58O3. The summed E-state index contributed by atoms with van der Waals surface area (Å²) in [6, 6.07) is 0. The van der Waals surface area contributed by atoms with E-state index in [2.05, 4.69) is 86.8 Å². The van der Waals surface area contributed by atoms with Crippen molar-refractivity contribution in [3.63, 3.8) is 0 Å².